The van der Waals surface area contributed by atoms with Crippen molar-refractivity contribution >= 4 is 25.2 Å². The van der Waals surface area contributed by atoms with Gasteiger partial charge in [-0.3, -0.25) is 9.05 Å². The van der Waals surface area contributed by atoms with Crippen LogP contribution in [0.1, 0.15) is 47.0 Å². The van der Waals surface area contributed by atoms with Gasteiger partial charge in [-0.2, -0.15) is 10.4 Å². The van der Waals surface area contributed by atoms with Crippen LogP contribution in [0.5, 0.6) is 0 Å². The fourth-order valence-corrected chi connectivity index (χ4v) is 7.82. The molecule has 3 aromatic heterocycles. The molecule has 13 heteroatoms. The number of nitrogen functional groups attached to an aromatic ring is 1. The standard InChI is InChI=1S/C33H38N7O5P/c1-5-6-10-26-23(4)25(17-36-26)13-14-39-46(42,43-18-24-9-7-8-21(2)15-24)45-30-29-32(30,41)16-22(3)33(19-34,44-29)28-12-11-27-31(35)37-20-38-40(27)28/h5-12,15,17,20,22,29-30,36,41H,1,13-14,16,18H2,2-4H3,(H,39,42)(H2,35,37,38). The third-order valence-electron chi connectivity index (χ3n) is 8.94. The zero-order chi connectivity index (χ0) is 32.7. The Morgan fingerprint density at radius 1 is 1.37 bits per heavy atom. The number of allylic oxidation sites excluding steroid dienone is 2. The number of hydrogen-bond acceptors (Lipinski definition) is 9. The third-order valence-corrected chi connectivity index (χ3v) is 10.5. The van der Waals surface area contributed by atoms with Crippen molar-refractivity contribution < 1.29 is 23.5 Å². The molecule has 2 fully saturated rings. The van der Waals surface area contributed by atoms with Crippen molar-refractivity contribution in [1.82, 2.24) is 24.7 Å². The highest BCUT2D eigenvalue weighted by molar-refractivity contribution is 7.51. The number of aromatic nitrogens is 4. The lowest BCUT2D eigenvalue weighted by Gasteiger charge is -2.37. The molecule has 240 valence electrons. The van der Waals surface area contributed by atoms with Crippen LogP contribution in [0.4, 0.5) is 5.82 Å². The molecule has 12 nitrogen and oxygen atoms in total. The summed E-state index contributed by atoms with van der Waals surface area (Å²) in [6, 6.07) is 13.5. The average Bonchev–Trinajstić information content (AvgIpc) is 3.33. The summed E-state index contributed by atoms with van der Waals surface area (Å²) in [5.41, 5.74) is 9.02. The number of aliphatic hydroxyl groups is 1. The molecule has 5 N–H and O–H groups in total. The van der Waals surface area contributed by atoms with E-state index < -0.39 is 37.1 Å². The van der Waals surface area contributed by atoms with Crippen molar-refractivity contribution in [1.29, 1.82) is 5.26 Å². The van der Waals surface area contributed by atoms with E-state index in [1.54, 1.807) is 18.2 Å². The van der Waals surface area contributed by atoms with Gasteiger partial charge >= 0.3 is 7.75 Å². The molecule has 6 rings (SSSR count). The number of nitrogens with one attached hydrogen (secondary N) is 2. The summed E-state index contributed by atoms with van der Waals surface area (Å²) in [5, 5.41) is 29.4. The SMILES string of the molecule is C=CC=Cc1[nH]cc(CCNP(=O)(OCc2cccc(C)c2)OC2C3OC(C#N)(c4ccc5c(N)ncnn45)C(C)CC32O)c1C. The van der Waals surface area contributed by atoms with E-state index in [2.05, 4.69) is 32.8 Å². The molecule has 0 radical (unpaired) electrons. The summed E-state index contributed by atoms with van der Waals surface area (Å²) < 4.78 is 34.4. The van der Waals surface area contributed by atoms with Crippen LogP contribution in [0.2, 0.25) is 0 Å². The first kappa shape index (κ1) is 31.9. The number of nitrogens with two attached hydrogens (primary N) is 1. The van der Waals surface area contributed by atoms with Crippen molar-refractivity contribution in [2.45, 2.75) is 63.6 Å². The largest absolute Gasteiger partial charge is 0.406 e. The lowest BCUT2D eigenvalue weighted by Crippen LogP contribution is -2.45. The smallest absolute Gasteiger partial charge is 0.384 e. The Labute approximate surface area is 267 Å². The van der Waals surface area contributed by atoms with E-state index in [0.717, 1.165) is 27.9 Å². The second kappa shape index (κ2) is 12.3. The first-order chi connectivity index (χ1) is 22.0. The third kappa shape index (κ3) is 5.71. The second-order valence-corrected chi connectivity index (χ2v) is 13.8. The molecular formula is C33H38N7O5P. The fourth-order valence-electron chi connectivity index (χ4n) is 6.30. The van der Waals surface area contributed by atoms with Gasteiger partial charge in [0.05, 0.1) is 12.3 Å². The van der Waals surface area contributed by atoms with Gasteiger partial charge in [0.25, 0.3) is 0 Å². The molecule has 4 heterocycles. The van der Waals surface area contributed by atoms with Crippen LogP contribution in [0.25, 0.3) is 11.6 Å². The zero-order valence-corrected chi connectivity index (χ0v) is 26.9. The maximum atomic E-state index is 14.3. The van der Waals surface area contributed by atoms with Gasteiger partial charge in [-0.25, -0.2) is 19.2 Å². The van der Waals surface area contributed by atoms with E-state index in [1.165, 1.54) is 10.8 Å². The Balaban J connectivity index is 1.22. The van der Waals surface area contributed by atoms with Crippen molar-refractivity contribution in [3.63, 3.8) is 0 Å². The average molecular weight is 644 g/mol. The number of fused-ring (bicyclic) bond motifs is 2. The van der Waals surface area contributed by atoms with Crippen molar-refractivity contribution in [2.75, 3.05) is 12.3 Å². The number of benzene rings is 1. The van der Waals surface area contributed by atoms with Crippen molar-refractivity contribution in [3.05, 3.63) is 101 Å². The van der Waals surface area contributed by atoms with E-state index in [1.807, 2.05) is 63.4 Å². The minimum Gasteiger partial charge on any atom is -0.384 e. The summed E-state index contributed by atoms with van der Waals surface area (Å²) in [6.45, 7) is 9.82. The maximum Gasteiger partial charge on any atom is 0.406 e. The van der Waals surface area contributed by atoms with Gasteiger partial charge < -0.3 is 20.6 Å². The van der Waals surface area contributed by atoms with Crippen LogP contribution in [-0.4, -0.2) is 49.0 Å². The molecule has 46 heavy (non-hydrogen) atoms. The molecule has 1 aliphatic carbocycles. The second-order valence-electron chi connectivity index (χ2n) is 12.0. The zero-order valence-electron chi connectivity index (χ0n) is 26.0. The quantitative estimate of drug-likeness (QED) is 0.123. The molecule has 0 bridgehead atoms. The van der Waals surface area contributed by atoms with E-state index in [4.69, 9.17) is 19.5 Å². The predicted molar refractivity (Wildman–Crippen MR) is 173 cm³/mol. The number of hydrogen-bond donors (Lipinski definition) is 4. The molecule has 4 aromatic rings. The number of anilines is 1. The Morgan fingerprint density at radius 3 is 2.96 bits per heavy atom. The lowest BCUT2D eigenvalue weighted by atomic mass is 9.80. The molecule has 2 aliphatic rings. The van der Waals surface area contributed by atoms with Crippen molar-refractivity contribution in [3.8, 4) is 6.07 Å². The molecule has 1 saturated carbocycles. The van der Waals surface area contributed by atoms with Gasteiger partial charge in [-0.15, -0.1) is 0 Å². The fraction of sp³-hybridized carbons (Fsp3) is 0.364. The van der Waals surface area contributed by atoms with Gasteiger partial charge in [0.2, 0.25) is 0 Å². The minimum absolute atomic E-state index is 0.0259. The highest BCUT2D eigenvalue weighted by Crippen LogP contribution is 2.62. The minimum atomic E-state index is -4.00. The number of nitriles is 1. The number of aryl methyl sites for hydroxylation is 1. The molecular weight excluding hydrogens is 605 g/mol. The molecule has 0 amide bonds. The summed E-state index contributed by atoms with van der Waals surface area (Å²) in [4.78, 5) is 7.27. The number of rotatable bonds is 12. The summed E-state index contributed by atoms with van der Waals surface area (Å²) in [5.74, 6) is -0.220. The number of aromatic amines is 1. The molecule has 1 aliphatic heterocycles. The van der Waals surface area contributed by atoms with Gasteiger partial charge in [0, 0.05) is 24.4 Å². The van der Waals surface area contributed by atoms with Crippen LogP contribution < -0.4 is 10.8 Å². The molecule has 6 unspecified atom stereocenters. The summed E-state index contributed by atoms with van der Waals surface area (Å²) >= 11 is 0. The first-order valence-corrected chi connectivity index (χ1v) is 16.7. The predicted octanol–water partition coefficient (Wildman–Crippen LogP) is 4.89. The van der Waals surface area contributed by atoms with Crippen LogP contribution in [-0.2, 0) is 37.0 Å². The topological polar surface area (TPSA) is 173 Å². The molecule has 1 saturated heterocycles. The molecule has 0 spiro atoms. The van der Waals surface area contributed by atoms with E-state index in [9.17, 15) is 14.9 Å². The van der Waals surface area contributed by atoms with Crippen LogP contribution in [0, 0.1) is 31.1 Å². The van der Waals surface area contributed by atoms with Gasteiger partial charge in [-0.1, -0.05) is 55.5 Å². The van der Waals surface area contributed by atoms with Gasteiger partial charge in [-0.05, 0) is 61.6 Å². The van der Waals surface area contributed by atoms with Gasteiger partial charge in [0.15, 0.2) is 11.4 Å². The van der Waals surface area contributed by atoms with E-state index >= 15 is 0 Å². The Bertz CT molecular complexity index is 1900. The monoisotopic (exact) mass is 643 g/mol. The van der Waals surface area contributed by atoms with E-state index in [0.29, 0.717) is 17.6 Å². The lowest BCUT2D eigenvalue weighted by molar-refractivity contribution is -0.134. The highest BCUT2D eigenvalue weighted by Gasteiger charge is 2.75. The Morgan fingerprint density at radius 2 is 2.20 bits per heavy atom. The maximum absolute atomic E-state index is 14.3. The Hall–Kier alpha value is -4.08. The van der Waals surface area contributed by atoms with E-state index in [-0.39, 0.29) is 25.4 Å². The highest BCUT2D eigenvalue weighted by atomic mass is 31.2. The molecule has 1 aromatic carbocycles. The first-order valence-electron chi connectivity index (χ1n) is 15.1. The normalized spacial score (nSPS) is 26.9. The van der Waals surface area contributed by atoms with Crippen molar-refractivity contribution in [2.24, 2.45) is 5.92 Å². The number of H-pyrrole nitrogens is 1. The van der Waals surface area contributed by atoms with Crippen LogP contribution in [0.15, 0.2) is 67.7 Å². The summed E-state index contributed by atoms with van der Waals surface area (Å²) in [7, 11) is -4.00. The number of nitrogens with zero attached hydrogens (tertiary/aromatic N) is 4. The summed E-state index contributed by atoms with van der Waals surface area (Å²) in [6.07, 6.45) is 7.49. The van der Waals surface area contributed by atoms with Crippen LogP contribution in [0.3, 0.4) is 0 Å². The number of ether oxygens (including phenoxy) is 1. The van der Waals surface area contributed by atoms with Gasteiger partial charge in [0.1, 0.15) is 35.7 Å². The molecule has 6 atom stereocenters. The van der Waals surface area contributed by atoms with Crippen LogP contribution >= 0.6 is 7.75 Å². The Kier molecular flexibility index (Phi) is 8.50.